The van der Waals surface area contributed by atoms with Crippen molar-refractivity contribution in [3.8, 4) is 0 Å². The Morgan fingerprint density at radius 3 is 2.50 bits per heavy atom. The molecule has 0 saturated heterocycles. The average molecular weight is 246 g/mol. The van der Waals surface area contributed by atoms with Crippen molar-refractivity contribution in [2.24, 2.45) is 11.7 Å². The Hall–Kier alpha value is -1.35. The molecule has 2 unspecified atom stereocenters. The molecule has 0 aliphatic heterocycles. The summed E-state index contributed by atoms with van der Waals surface area (Å²) < 4.78 is 0. The van der Waals surface area contributed by atoms with Crippen LogP contribution in [-0.2, 0) is 0 Å². The van der Waals surface area contributed by atoms with Crippen molar-refractivity contribution >= 4 is 5.91 Å². The van der Waals surface area contributed by atoms with Gasteiger partial charge in [-0.3, -0.25) is 4.79 Å². The lowest BCUT2D eigenvalue weighted by molar-refractivity contribution is 0.0946. The zero-order valence-electron chi connectivity index (χ0n) is 11.2. The van der Waals surface area contributed by atoms with Crippen LogP contribution in [0.4, 0.5) is 0 Å². The Morgan fingerprint density at radius 1 is 1.28 bits per heavy atom. The highest BCUT2D eigenvalue weighted by atomic mass is 16.1. The van der Waals surface area contributed by atoms with E-state index < -0.39 is 0 Å². The van der Waals surface area contributed by atoms with Crippen LogP contribution in [-0.4, -0.2) is 18.5 Å². The van der Waals surface area contributed by atoms with Gasteiger partial charge in [0.1, 0.15) is 0 Å². The number of benzene rings is 1. The van der Waals surface area contributed by atoms with Crippen molar-refractivity contribution in [1.82, 2.24) is 5.32 Å². The number of rotatable bonds is 3. The summed E-state index contributed by atoms with van der Waals surface area (Å²) in [5.74, 6) is 0.459. The largest absolute Gasteiger partial charge is 0.352 e. The number of amides is 1. The lowest BCUT2D eigenvalue weighted by Gasteiger charge is -2.16. The minimum absolute atomic E-state index is 0.0147. The second kappa shape index (κ2) is 5.53. The standard InChI is InChI=1S/C15H22N2O/c1-10-6-11(2)8-13(7-10)15(18)17-9-12-4-3-5-14(12)16/h6-8,12,14H,3-5,9,16H2,1-2H3,(H,17,18). The van der Waals surface area contributed by atoms with Crippen LogP contribution >= 0.6 is 0 Å². The number of aryl methyl sites for hydroxylation is 2. The van der Waals surface area contributed by atoms with Crippen molar-refractivity contribution in [3.05, 3.63) is 34.9 Å². The fourth-order valence-electron chi connectivity index (χ4n) is 2.75. The van der Waals surface area contributed by atoms with E-state index in [2.05, 4.69) is 11.4 Å². The summed E-state index contributed by atoms with van der Waals surface area (Å²) in [6, 6.07) is 6.18. The van der Waals surface area contributed by atoms with Gasteiger partial charge < -0.3 is 11.1 Å². The van der Waals surface area contributed by atoms with Crippen molar-refractivity contribution in [2.45, 2.75) is 39.2 Å². The lowest BCUT2D eigenvalue weighted by Crippen LogP contribution is -2.36. The van der Waals surface area contributed by atoms with Gasteiger partial charge in [-0.15, -0.1) is 0 Å². The Balaban J connectivity index is 1.95. The maximum absolute atomic E-state index is 12.1. The van der Waals surface area contributed by atoms with Gasteiger partial charge in [-0.05, 0) is 44.7 Å². The Labute approximate surface area is 109 Å². The maximum Gasteiger partial charge on any atom is 0.251 e. The van der Waals surface area contributed by atoms with Crippen LogP contribution in [0.2, 0.25) is 0 Å². The van der Waals surface area contributed by atoms with E-state index in [9.17, 15) is 4.79 Å². The van der Waals surface area contributed by atoms with Crippen molar-refractivity contribution < 1.29 is 4.79 Å². The van der Waals surface area contributed by atoms with Gasteiger partial charge in [0.15, 0.2) is 0 Å². The van der Waals surface area contributed by atoms with Crippen LogP contribution < -0.4 is 11.1 Å². The summed E-state index contributed by atoms with van der Waals surface area (Å²) in [6.07, 6.45) is 3.41. The van der Waals surface area contributed by atoms with Crippen molar-refractivity contribution in [2.75, 3.05) is 6.54 Å². The fraction of sp³-hybridized carbons (Fsp3) is 0.533. The Bertz CT molecular complexity index is 422. The highest BCUT2D eigenvalue weighted by molar-refractivity contribution is 5.94. The molecular weight excluding hydrogens is 224 g/mol. The molecule has 1 aromatic carbocycles. The van der Waals surface area contributed by atoms with E-state index in [1.54, 1.807) is 0 Å². The normalized spacial score (nSPS) is 23.1. The SMILES string of the molecule is Cc1cc(C)cc(C(=O)NCC2CCCC2N)c1. The number of hydrogen-bond acceptors (Lipinski definition) is 2. The highest BCUT2D eigenvalue weighted by Crippen LogP contribution is 2.23. The second-order valence-electron chi connectivity index (χ2n) is 5.44. The molecule has 0 heterocycles. The monoisotopic (exact) mass is 246 g/mol. The molecule has 2 rings (SSSR count). The van der Waals surface area contributed by atoms with E-state index in [0.29, 0.717) is 12.5 Å². The number of nitrogens with one attached hydrogen (secondary N) is 1. The van der Waals surface area contributed by atoms with Crippen LogP contribution in [0.1, 0.15) is 40.7 Å². The molecule has 1 amide bonds. The molecule has 1 aromatic rings. The summed E-state index contributed by atoms with van der Waals surface area (Å²) in [5.41, 5.74) is 9.00. The predicted molar refractivity (Wildman–Crippen MR) is 73.6 cm³/mol. The second-order valence-corrected chi connectivity index (χ2v) is 5.44. The zero-order chi connectivity index (χ0) is 13.1. The topological polar surface area (TPSA) is 55.1 Å². The van der Waals surface area contributed by atoms with Crippen LogP contribution in [0.25, 0.3) is 0 Å². The molecule has 3 nitrogen and oxygen atoms in total. The highest BCUT2D eigenvalue weighted by Gasteiger charge is 2.24. The number of hydrogen-bond donors (Lipinski definition) is 2. The molecule has 0 aromatic heterocycles. The number of nitrogens with two attached hydrogens (primary N) is 1. The molecule has 18 heavy (non-hydrogen) atoms. The summed E-state index contributed by atoms with van der Waals surface area (Å²) in [7, 11) is 0. The van der Waals surface area contributed by atoms with Gasteiger partial charge in [0.25, 0.3) is 5.91 Å². The molecular formula is C15H22N2O. The van der Waals surface area contributed by atoms with Crippen LogP contribution in [0.15, 0.2) is 18.2 Å². The number of carbonyl (C=O) groups excluding carboxylic acids is 1. The summed E-state index contributed by atoms with van der Waals surface area (Å²) in [5, 5.41) is 3.01. The van der Waals surface area contributed by atoms with Gasteiger partial charge in [-0.25, -0.2) is 0 Å². The average Bonchev–Trinajstić information content (AvgIpc) is 2.70. The van der Waals surface area contributed by atoms with Gasteiger partial charge >= 0.3 is 0 Å². The van der Waals surface area contributed by atoms with E-state index in [1.165, 1.54) is 6.42 Å². The molecule has 0 spiro atoms. The molecule has 3 N–H and O–H groups in total. The van der Waals surface area contributed by atoms with E-state index in [0.717, 1.165) is 29.5 Å². The first kappa shape index (κ1) is 13.1. The third-order valence-corrected chi connectivity index (χ3v) is 3.73. The first-order valence-corrected chi connectivity index (χ1v) is 6.68. The third kappa shape index (κ3) is 3.10. The van der Waals surface area contributed by atoms with Gasteiger partial charge in [-0.2, -0.15) is 0 Å². The van der Waals surface area contributed by atoms with Crippen LogP contribution in [0.3, 0.4) is 0 Å². The molecule has 1 aliphatic rings. The van der Waals surface area contributed by atoms with Crippen LogP contribution in [0, 0.1) is 19.8 Å². The van der Waals surface area contributed by atoms with Gasteiger partial charge in [0.05, 0.1) is 0 Å². The molecule has 1 aliphatic carbocycles. The van der Waals surface area contributed by atoms with Gasteiger partial charge in [0.2, 0.25) is 0 Å². The minimum Gasteiger partial charge on any atom is -0.352 e. The van der Waals surface area contributed by atoms with Gasteiger partial charge in [-0.1, -0.05) is 23.6 Å². The Kier molecular flexibility index (Phi) is 4.02. The van der Waals surface area contributed by atoms with Crippen molar-refractivity contribution in [1.29, 1.82) is 0 Å². The molecule has 2 atom stereocenters. The van der Waals surface area contributed by atoms with Crippen LogP contribution in [0.5, 0.6) is 0 Å². The quantitative estimate of drug-likeness (QED) is 0.858. The molecule has 0 radical (unpaired) electrons. The molecule has 98 valence electrons. The predicted octanol–water partition coefficient (Wildman–Crippen LogP) is 2.16. The summed E-state index contributed by atoms with van der Waals surface area (Å²) in [4.78, 5) is 12.1. The van der Waals surface area contributed by atoms with E-state index >= 15 is 0 Å². The maximum atomic E-state index is 12.1. The third-order valence-electron chi connectivity index (χ3n) is 3.73. The Morgan fingerprint density at radius 2 is 1.94 bits per heavy atom. The molecule has 3 heteroatoms. The minimum atomic E-state index is 0.0147. The number of carbonyl (C=O) groups is 1. The smallest absolute Gasteiger partial charge is 0.251 e. The first-order chi connectivity index (χ1) is 8.56. The molecule has 1 saturated carbocycles. The van der Waals surface area contributed by atoms with E-state index in [-0.39, 0.29) is 11.9 Å². The first-order valence-electron chi connectivity index (χ1n) is 6.68. The summed E-state index contributed by atoms with van der Waals surface area (Å²) in [6.45, 7) is 4.72. The molecule has 1 fully saturated rings. The lowest BCUT2D eigenvalue weighted by atomic mass is 10.0. The van der Waals surface area contributed by atoms with Gasteiger partial charge in [0, 0.05) is 18.2 Å². The summed E-state index contributed by atoms with van der Waals surface area (Å²) >= 11 is 0. The van der Waals surface area contributed by atoms with E-state index in [4.69, 9.17) is 5.73 Å². The zero-order valence-corrected chi connectivity index (χ0v) is 11.2. The van der Waals surface area contributed by atoms with Crippen molar-refractivity contribution in [3.63, 3.8) is 0 Å². The van der Waals surface area contributed by atoms with E-state index in [1.807, 2.05) is 26.0 Å². The fourth-order valence-corrected chi connectivity index (χ4v) is 2.75. The molecule has 0 bridgehead atoms.